The Morgan fingerprint density at radius 3 is 3.00 bits per heavy atom. The summed E-state index contributed by atoms with van der Waals surface area (Å²) in [5.74, 6) is -0.975. The maximum Gasteiger partial charge on any atom is 0.337 e. The lowest BCUT2D eigenvalue weighted by Crippen LogP contribution is -2.19. The number of aromatic carboxylic acids is 1. The van der Waals surface area contributed by atoms with Crippen LogP contribution < -0.4 is 5.69 Å². The van der Waals surface area contributed by atoms with E-state index in [1.807, 2.05) is 12.3 Å². The first-order valence-electron chi connectivity index (χ1n) is 6.42. The van der Waals surface area contributed by atoms with Gasteiger partial charge in [-0.1, -0.05) is 13.0 Å². The molecule has 0 spiro atoms. The fourth-order valence-corrected chi connectivity index (χ4v) is 3.06. The number of thiazole rings is 1. The highest BCUT2D eigenvalue weighted by atomic mass is 32.1. The summed E-state index contributed by atoms with van der Waals surface area (Å²) in [6, 6.07) is 4.87. The smallest absolute Gasteiger partial charge is 0.337 e. The van der Waals surface area contributed by atoms with Gasteiger partial charge in [-0.3, -0.25) is 4.57 Å². The fourth-order valence-electron chi connectivity index (χ4n) is 2.37. The van der Waals surface area contributed by atoms with Gasteiger partial charge in [0.15, 0.2) is 0 Å². The van der Waals surface area contributed by atoms with Gasteiger partial charge in [-0.25, -0.2) is 14.6 Å². The van der Waals surface area contributed by atoms with Crippen LogP contribution in [-0.4, -0.2) is 25.6 Å². The van der Waals surface area contributed by atoms with Gasteiger partial charge in [-0.15, -0.1) is 11.3 Å². The van der Waals surface area contributed by atoms with Crippen molar-refractivity contribution in [2.24, 2.45) is 0 Å². The van der Waals surface area contributed by atoms with Crippen LogP contribution in [0.25, 0.3) is 11.0 Å². The van der Waals surface area contributed by atoms with Crippen molar-refractivity contribution in [1.82, 2.24) is 14.5 Å². The summed E-state index contributed by atoms with van der Waals surface area (Å²) in [7, 11) is 0. The molecule has 3 aromatic rings. The third kappa shape index (κ3) is 2.36. The van der Waals surface area contributed by atoms with E-state index in [2.05, 4.69) is 9.97 Å². The van der Waals surface area contributed by atoms with Crippen molar-refractivity contribution in [3.8, 4) is 0 Å². The Bertz CT molecular complexity index is 848. The Kier molecular flexibility index (Phi) is 3.34. The van der Waals surface area contributed by atoms with Gasteiger partial charge in [0.1, 0.15) is 0 Å². The van der Waals surface area contributed by atoms with E-state index in [4.69, 9.17) is 0 Å². The van der Waals surface area contributed by atoms with Crippen LogP contribution in [0.15, 0.2) is 34.6 Å². The minimum absolute atomic E-state index is 0.0789. The molecule has 0 bridgehead atoms. The van der Waals surface area contributed by atoms with Gasteiger partial charge in [0, 0.05) is 24.0 Å². The molecule has 0 saturated carbocycles. The quantitative estimate of drug-likeness (QED) is 0.774. The molecule has 21 heavy (non-hydrogen) atoms. The molecule has 1 aromatic carbocycles. The van der Waals surface area contributed by atoms with E-state index in [1.165, 1.54) is 6.07 Å². The second-order valence-corrected chi connectivity index (χ2v) is 5.74. The number of imidazole rings is 1. The molecular formula is C14H13N3O3S. The SMILES string of the molecule is CC(Cn1c(=O)[nH]c2c(C(=O)O)cccc21)c1nccs1. The van der Waals surface area contributed by atoms with Gasteiger partial charge >= 0.3 is 11.7 Å². The van der Waals surface area contributed by atoms with Crippen LogP contribution in [-0.2, 0) is 6.54 Å². The van der Waals surface area contributed by atoms with Gasteiger partial charge in [0.2, 0.25) is 0 Å². The number of hydrogen-bond acceptors (Lipinski definition) is 4. The molecule has 0 aliphatic rings. The fraction of sp³-hybridized carbons (Fsp3) is 0.214. The highest BCUT2D eigenvalue weighted by Gasteiger charge is 2.17. The first-order valence-corrected chi connectivity index (χ1v) is 7.30. The van der Waals surface area contributed by atoms with Gasteiger partial charge < -0.3 is 10.1 Å². The van der Waals surface area contributed by atoms with Crippen LogP contribution in [0.3, 0.4) is 0 Å². The lowest BCUT2D eigenvalue weighted by Gasteiger charge is -2.09. The zero-order valence-corrected chi connectivity index (χ0v) is 12.1. The predicted molar refractivity (Wildman–Crippen MR) is 80.0 cm³/mol. The molecule has 108 valence electrons. The average Bonchev–Trinajstić information content (AvgIpc) is 3.07. The topological polar surface area (TPSA) is 88.0 Å². The van der Waals surface area contributed by atoms with E-state index in [-0.39, 0.29) is 17.2 Å². The number of carboxylic acids is 1. The Hall–Kier alpha value is -2.41. The van der Waals surface area contributed by atoms with Crippen molar-refractivity contribution in [3.05, 3.63) is 50.8 Å². The Labute approximate surface area is 123 Å². The molecular weight excluding hydrogens is 290 g/mol. The van der Waals surface area contributed by atoms with Crippen LogP contribution in [0.1, 0.15) is 28.2 Å². The van der Waals surface area contributed by atoms with Crippen molar-refractivity contribution >= 4 is 28.3 Å². The van der Waals surface area contributed by atoms with Crippen LogP contribution in [0, 0.1) is 0 Å². The van der Waals surface area contributed by atoms with Crippen LogP contribution in [0.4, 0.5) is 0 Å². The van der Waals surface area contributed by atoms with Crippen molar-refractivity contribution in [3.63, 3.8) is 0 Å². The summed E-state index contributed by atoms with van der Waals surface area (Å²) >= 11 is 1.54. The van der Waals surface area contributed by atoms with E-state index in [0.29, 0.717) is 17.6 Å². The Balaban J connectivity index is 2.07. The Morgan fingerprint density at radius 1 is 1.52 bits per heavy atom. The zero-order chi connectivity index (χ0) is 15.0. The number of nitrogens with one attached hydrogen (secondary N) is 1. The maximum absolute atomic E-state index is 12.1. The normalized spacial score (nSPS) is 12.6. The van der Waals surface area contributed by atoms with E-state index in [0.717, 1.165) is 5.01 Å². The molecule has 6 nitrogen and oxygen atoms in total. The number of hydrogen-bond donors (Lipinski definition) is 2. The molecule has 0 aliphatic heterocycles. The minimum atomic E-state index is -1.05. The predicted octanol–water partition coefficient (Wildman–Crippen LogP) is 2.29. The van der Waals surface area contributed by atoms with Crippen LogP contribution in [0.2, 0.25) is 0 Å². The summed E-state index contributed by atoms with van der Waals surface area (Å²) in [5, 5.41) is 12.0. The van der Waals surface area contributed by atoms with Crippen molar-refractivity contribution < 1.29 is 9.90 Å². The first-order chi connectivity index (χ1) is 10.1. The molecule has 2 heterocycles. The number of carboxylic acid groups (broad SMARTS) is 1. The first kappa shape index (κ1) is 13.6. The molecule has 0 aliphatic carbocycles. The molecule has 0 radical (unpaired) electrons. The molecule has 1 unspecified atom stereocenters. The third-order valence-corrected chi connectivity index (χ3v) is 4.38. The Morgan fingerprint density at radius 2 is 2.33 bits per heavy atom. The van der Waals surface area contributed by atoms with Crippen molar-refractivity contribution in [2.45, 2.75) is 19.4 Å². The third-order valence-electron chi connectivity index (χ3n) is 3.37. The van der Waals surface area contributed by atoms with Gasteiger partial charge in [-0.05, 0) is 12.1 Å². The standard InChI is InChI=1S/C14H13N3O3S/c1-8(12-15-5-6-21-12)7-17-10-4-2-3-9(13(18)19)11(10)16-14(17)20/h2-6,8H,7H2,1H3,(H,16,20)(H,18,19). The van der Waals surface area contributed by atoms with Crippen LogP contribution >= 0.6 is 11.3 Å². The van der Waals surface area contributed by atoms with Gasteiger partial charge in [0.05, 0.1) is 21.6 Å². The largest absolute Gasteiger partial charge is 0.478 e. The summed E-state index contributed by atoms with van der Waals surface area (Å²) < 4.78 is 1.56. The lowest BCUT2D eigenvalue weighted by atomic mass is 10.1. The summed E-state index contributed by atoms with van der Waals surface area (Å²) in [5.41, 5.74) is 0.761. The summed E-state index contributed by atoms with van der Waals surface area (Å²) in [4.78, 5) is 30.2. The highest BCUT2D eigenvalue weighted by molar-refractivity contribution is 7.09. The number of rotatable bonds is 4. The number of nitrogens with zero attached hydrogens (tertiary/aromatic N) is 2. The number of fused-ring (bicyclic) bond motifs is 1. The molecule has 3 rings (SSSR count). The lowest BCUT2D eigenvalue weighted by molar-refractivity contribution is 0.0699. The summed E-state index contributed by atoms with van der Waals surface area (Å²) in [6.45, 7) is 2.45. The number of H-pyrrole nitrogens is 1. The van der Waals surface area contributed by atoms with Crippen molar-refractivity contribution in [1.29, 1.82) is 0 Å². The second-order valence-electron chi connectivity index (χ2n) is 4.82. The van der Waals surface area contributed by atoms with Crippen molar-refractivity contribution in [2.75, 3.05) is 0 Å². The van der Waals surface area contributed by atoms with Gasteiger partial charge in [-0.2, -0.15) is 0 Å². The monoisotopic (exact) mass is 303 g/mol. The summed E-state index contributed by atoms with van der Waals surface area (Å²) in [6.07, 6.45) is 1.73. The number of aromatic amines is 1. The van der Waals surface area contributed by atoms with E-state index in [1.54, 1.807) is 34.2 Å². The molecule has 2 aromatic heterocycles. The number of para-hydroxylation sites is 1. The molecule has 2 N–H and O–H groups in total. The molecule has 0 saturated heterocycles. The molecule has 7 heteroatoms. The van der Waals surface area contributed by atoms with E-state index < -0.39 is 5.97 Å². The van der Waals surface area contributed by atoms with Crippen LogP contribution in [0.5, 0.6) is 0 Å². The molecule has 1 atom stereocenters. The minimum Gasteiger partial charge on any atom is -0.478 e. The number of benzene rings is 1. The van der Waals surface area contributed by atoms with Gasteiger partial charge in [0.25, 0.3) is 0 Å². The number of aromatic nitrogens is 3. The zero-order valence-electron chi connectivity index (χ0n) is 11.2. The number of carbonyl (C=O) groups is 1. The van der Waals surface area contributed by atoms with E-state index >= 15 is 0 Å². The molecule has 0 fully saturated rings. The maximum atomic E-state index is 12.1. The van der Waals surface area contributed by atoms with E-state index in [9.17, 15) is 14.7 Å². The second kappa shape index (κ2) is 5.17. The average molecular weight is 303 g/mol. The highest BCUT2D eigenvalue weighted by Crippen LogP contribution is 2.22. The molecule has 0 amide bonds.